The Hall–Kier alpha value is -1.69. The van der Waals surface area contributed by atoms with Gasteiger partial charge in [0.25, 0.3) is 0 Å². The van der Waals surface area contributed by atoms with Crippen LogP contribution in [0, 0.1) is 58.2 Å². The summed E-state index contributed by atoms with van der Waals surface area (Å²) < 4.78 is 0. The molecule has 0 heterocycles. The molecule has 4 rings (SSSR count). The van der Waals surface area contributed by atoms with Crippen molar-refractivity contribution in [1.82, 2.24) is 0 Å². The molecule has 0 aliphatic heterocycles. The van der Waals surface area contributed by atoms with Gasteiger partial charge >= 0.3 is 0 Å². The van der Waals surface area contributed by atoms with Crippen molar-refractivity contribution < 1.29 is 14.4 Å². The second-order valence-corrected chi connectivity index (χ2v) is 9.98. The number of aldehydes is 3. The van der Waals surface area contributed by atoms with Crippen LogP contribution in [0.5, 0.6) is 0 Å². The molecule has 2 unspecified atom stereocenters. The SMILES string of the molecule is C#C[C@]1(C=O)CC[C@H]2[C@@H]3C(C=O)C=C4CC(C=O)CC[C@]4(C)[C@H]3CC[C@@]21C. The molecule has 0 aromatic carbocycles. The highest BCUT2D eigenvalue weighted by molar-refractivity contribution is 5.68. The first-order chi connectivity index (χ1) is 12.9. The number of fused-ring (bicyclic) bond motifs is 5. The second kappa shape index (κ2) is 6.16. The largest absolute Gasteiger partial charge is 0.303 e. The minimum Gasteiger partial charge on any atom is -0.303 e. The molecule has 27 heavy (non-hydrogen) atoms. The molecule has 0 aromatic heterocycles. The van der Waals surface area contributed by atoms with E-state index in [-0.39, 0.29) is 28.6 Å². The van der Waals surface area contributed by atoms with Gasteiger partial charge in [0.1, 0.15) is 18.9 Å². The third-order valence-corrected chi connectivity index (χ3v) is 9.31. The van der Waals surface area contributed by atoms with Crippen molar-refractivity contribution in [3.8, 4) is 12.3 Å². The maximum Gasteiger partial charge on any atom is 0.138 e. The lowest BCUT2D eigenvalue weighted by molar-refractivity contribution is -0.128. The van der Waals surface area contributed by atoms with Crippen molar-refractivity contribution in [3.05, 3.63) is 11.6 Å². The molecular formula is C24H30O3. The van der Waals surface area contributed by atoms with Crippen molar-refractivity contribution >= 4 is 18.9 Å². The Labute approximate surface area is 162 Å². The molecule has 0 amide bonds. The molecular weight excluding hydrogens is 336 g/mol. The van der Waals surface area contributed by atoms with Crippen molar-refractivity contribution in [2.45, 2.75) is 58.8 Å². The summed E-state index contributed by atoms with van der Waals surface area (Å²) in [5.74, 6) is 3.86. The number of hydrogen-bond donors (Lipinski definition) is 0. The molecule has 144 valence electrons. The molecule has 3 saturated carbocycles. The van der Waals surface area contributed by atoms with E-state index in [0.29, 0.717) is 11.8 Å². The van der Waals surface area contributed by atoms with E-state index in [2.05, 4.69) is 25.8 Å². The second-order valence-electron chi connectivity index (χ2n) is 9.98. The van der Waals surface area contributed by atoms with E-state index in [4.69, 9.17) is 6.42 Å². The van der Waals surface area contributed by atoms with Crippen LogP contribution in [-0.2, 0) is 14.4 Å². The van der Waals surface area contributed by atoms with E-state index in [1.165, 1.54) is 5.57 Å². The molecule has 0 saturated heterocycles. The average Bonchev–Trinajstić information content (AvgIpc) is 2.99. The molecule has 0 radical (unpaired) electrons. The summed E-state index contributed by atoms with van der Waals surface area (Å²) in [7, 11) is 0. The van der Waals surface area contributed by atoms with Crippen molar-refractivity contribution in [3.63, 3.8) is 0 Å². The minimum atomic E-state index is -0.684. The zero-order valence-corrected chi connectivity index (χ0v) is 16.4. The Kier molecular flexibility index (Phi) is 4.26. The van der Waals surface area contributed by atoms with Gasteiger partial charge in [-0.05, 0) is 73.5 Å². The van der Waals surface area contributed by atoms with Crippen LogP contribution in [0.15, 0.2) is 11.6 Å². The molecule has 3 heteroatoms. The normalized spacial score (nSPS) is 51.0. The fraction of sp³-hybridized carbons (Fsp3) is 0.708. The van der Waals surface area contributed by atoms with Crippen LogP contribution >= 0.6 is 0 Å². The standard InChI is InChI=1S/C24H30O3/c1-4-24(15-27)10-7-20-21-17(14-26)12-18-11-16(13-25)5-8-22(18,2)19(21)6-9-23(20,24)3/h1,12-17,19-21H,5-11H2,2-3H3/t16?,17?,19-,20-,21+,22-,23-,24+/m0/s1. The maximum atomic E-state index is 12.1. The summed E-state index contributed by atoms with van der Waals surface area (Å²) in [4.78, 5) is 35.5. The van der Waals surface area contributed by atoms with E-state index < -0.39 is 5.41 Å². The van der Waals surface area contributed by atoms with Crippen molar-refractivity contribution in [2.75, 3.05) is 0 Å². The van der Waals surface area contributed by atoms with E-state index in [9.17, 15) is 14.4 Å². The van der Waals surface area contributed by atoms with Crippen molar-refractivity contribution in [1.29, 1.82) is 0 Å². The van der Waals surface area contributed by atoms with Gasteiger partial charge in [-0.3, -0.25) is 0 Å². The highest BCUT2D eigenvalue weighted by atomic mass is 16.1. The smallest absolute Gasteiger partial charge is 0.138 e. The van der Waals surface area contributed by atoms with Gasteiger partial charge in [0, 0.05) is 11.8 Å². The third-order valence-electron chi connectivity index (χ3n) is 9.31. The molecule has 0 bridgehead atoms. The van der Waals surface area contributed by atoms with Crippen molar-refractivity contribution in [2.24, 2.45) is 45.8 Å². The van der Waals surface area contributed by atoms with Crippen LogP contribution in [0.3, 0.4) is 0 Å². The Morgan fingerprint density at radius 3 is 2.41 bits per heavy atom. The molecule has 4 aliphatic carbocycles. The highest BCUT2D eigenvalue weighted by Gasteiger charge is 2.65. The van der Waals surface area contributed by atoms with E-state index in [1.807, 2.05) is 0 Å². The Bertz CT molecular complexity index is 745. The quantitative estimate of drug-likeness (QED) is 0.431. The van der Waals surface area contributed by atoms with Crippen LogP contribution in [0.4, 0.5) is 0 Å². The molecule has 3 nitrogen and oxygen atoms in total. The number of allylic oxidation sites excluding steroid dienone is 2. The Balaban J connectivity index is 1.78. The lowest BCUT2D eigenvalue weighted by Gasteiger charge is -2.59. The fourth-order valence-corrected chi connectivity index (χ4v) is 7.55. The summed E-state index contributed by atoms with van der Waals surface area (Å²) in [6.45, 7) is 4.55. The van der Waals surface area contributed by atoms with Crippen LogP contribution in [0.1, 0.15) is 58.8 Å². The van der Waals surface area contributed by atoms with E-state index in [1.54, 1.807) is 0 Å². The average molecular weight is 367 g/mol. The predicted octanol–water partition coefficient (Wildman–Crippen LogP) is 4.01. The Morgan fingerprint density at radius 2 is 1.78 bits per heavy atom. The number of rotatable bonds is 3. The van der Waals surface area contributed by atoms with Crippen LogP contribution in [0.2, 0.25) is 0 Å². The molecule has 0 N–H and O–H groups in total. The van der Waals surface area contributed by atoms with E-state index >= 15 is 0 Å². The third kappa shape index (κ3) is 2.25. The lowest BCUT2D eigenvalue weighted by Crippen LogP contribution is -2.55. The first-order valence-electron chi connectivity index (χ1n) is 10.4. The predicted molar refractivity (Wildman–Crippen MR) is 104 cm³/mol. The van der Waals surface area contributed by atoms with Crippen LogP contribution in [-0.4, -0.2) is 18.9 Å². The fourth-order valence-electron chi connectivity index (χ4n) is 7.55. The summed E-state index contributed by atoms with van der Waals surface area (Å²) in [5.41, 5.74) is 0.501. The van der Waals surface area contributed by atoms with E-state index in [0.717, 1.165) is 63.8 Å². The number of terminal acetylenes is 1. The topological polar surface area (TPSA) is 51.2 Å². The van der Waals surface area contributed by atoms with Gasteiger partial charge in [-0.1, -0.05) is 31.4 Å². The number of carbonyl (C=O) groups is 3. The maximum absolute atomic E-state index is 12.1. The zero-order valence-electron chi connectivity index (χ0n) is 16.4. The van der Waals surface area contributed by atoms with Crippen LogP contribution in [0.25, 0.3) is 0 Å². The monoisotopic (exact) mass is 366 g/mol. The minimum absolute atomic E-state index is 0.0770. The molecule has 4 aliphatic rings. The van der Waals surface area contributed by atoms with Gasteiger partial charge in [0.05, 0.1) is 5.41 Å². The van der Waals surface area contributed by atoms with Gasteiger partial charge in [0.15, 0.2) is 0 Å². The summed E-state index contributed by atoms with van der Waals surface area (Å²) >= 11 is 0. The highest BCUT2D eigenvalue weighted by Crippen LogP contribution is 2.69. The number of carbonyl (C=O) groups excluding carboxylic acids is 3. The van der Waals surface area contributed by atoms with Gasteiger partial charge in [-0.25, -0.2) is 0 Å². The molecule has 0 spiro atoms. The van der Waals surface area contributed by atoms with Gasteiger partial charge in [-0.15, -0.1) is 6.42 Å². The van der Waals surface area contributed by atoms with Gasteiger partial charge < -0.3 is 14.4 Å². The lowest BCUT2D eigenvalue weighted by atomic mass is 9.44. The zero-order chi connectivity index (χ0) is 19.4. The summed E-state index contributed by atoms with van der Waals surface area (Å²) in [5, 5.41) is 0. The summed E-state index contributed by atoms with van der Waals surface area (Å²) in [6, 6.07) is 0. The number of hydrogen-bond acceptors (Lipinski definition) is 3. The van der Waals surface area contributed by atoms with Gasteiger partial charge in [0.2, 0.25) is 0 Å². The summed E-state index contributed by atoms with van der Waals surface area (Å²) in [6.07, 6.45) is 17.7. The molecule has 0 aromatic rings. The van der Waals surface area contributed by atoms with Crippen LogP contribution < -0.4 is 0 Å². The first-order valence-corrected chi connectivity index (χ1v) is 10.4. The first kappa shape index (κ1) is 18.7. The molecule has 3 fully saturated rings. The van der Waals surface area contributed by atoms with Gasteiger partial charge in [-0.2, -0.15) is 0 Å². The molecule has 8 atom stereocenters. The Morgan fingerprint density at radius 1 is 1.04 bits per heavy atom.